The molecule has 2 aromatic rings. The number of amides is 3. The van der Waals surface area contributed by atoms with Gasteiger partial charge in [-0.15, -0.1) is 0 Å². The van der Waals surface area contributed by atoms with Gasteiger partial charge >= 0.3 is 12.1 Å². The summed E-state index contributed by atoms with van der Waals surface area (Å²) < 4.78 is 10.4. The highest BCUT2D eigenvalue weighted by Gasteiger charge is 2.37. The number of carbonyl (C=O) groups excluding carboxylic acids is 4. The molecule has 0 radical (unpaired) electrons. The zero-order chi connectivity index (χ0) is 33.6. The zero-order valence-electron chi connectivity index (χ0n) is 27.4. The normalized spacial score (nSPS) is 12.5. The minimum Gasteiger partial charge on any atom is -0.508 e. The van der Waals surface area contributed by atoms with Gasteiger partial charge in [0.05, 0.1) is 13.0 Å². The largest absolute Gasteiger partial charge is 0.508 e. The Bertz CT molecular complexity index is 1270. The lowest BCUT2D eigenvalue weighted by atomic mass is 9.97. The molecule has 0 aliphatic heterocycles. The van der Waals surface area contributed by atoms with Crippen molar-refractivity contribution in [1.29, 1.82) is 0 Å². The molecular weight excluding hydrogens is 578 g/mol. The SMILES string of the molecule is CCCCCCN(C(=O)C(Cc1ccc(O)cc1)NC(=O)OC(C)(C)C)C(C(=O)NCCC(=O)OCC)c1cccc(C)c1O. The van der Waals surface area contributed by atoms with Crippen molar-refractivity contribution >= 4 is 23.9 Å². The molecule has 0 bridgehead atoms. The van der Waals surface area contributed by atoms with E-state index >= 15 is 0 Å². The Morgan fingerprint density at radius 2 is 1.64 bits per heavy atom. The summed E-state index contributed by atoms with van der Waals surface area (Å²) in [6.45, 7) is 10.9. The topological polar surface area (TPSA) is 154 Å². The van der Waals surface area contributed by atoms with Crippen LogP contribution in [0.3, 0.4) is 0 Å². The van der Waals surface area contributed by atoms with E-state index in [1.807, 2.05) is 0 Å². The number of phenols is 2. The van der Waals surface area contributed by atoms with Crippen LogP contribution in [-0.2, 0) is 30.3 Å². The molecule has 2 aromatic carbocycles. The number of aryl methyl sites for hydroxylation is 1. The number of nitrogens with zero attached hydrogens (tertiary/aromatic N) is 1. The number of hydrogen-bond acceptors (Lipinski definition) is 8. The van der Waals surface area contributed by atoms with E-state index in [9.17, 15) is 29.4 Å². The van der Waals surface area contributed by atoms with Crippen LogP contribution in [0.15, 0.2) is 42.5 Å². The van der Waals surface area contributed by atoms with Crippen LogP contribution in [0.25, 0.3) is 0 Å². The van der Waals surface area contributed by atoms with Crippen molar-refractivity contribution in [2.45, 2.75) is 97.8 Å². The Morgan fingerprint density at radius 1 is 0.956 bits per heavy atom. The van der Waals surface area contributed by atoms with E-state index < -0.39 is 41.6 Å². The quantitative estimate of drug-likeness (QED) is 0.149. The van der Waals surface area contributed by atoms with Crippen LogP contribution in [0.4, 0.5) is 4.79 Å². The van der Waals surface area contributed by atoms with Crippen LogP contribution in [0.1, 0.15) is 89.5 Å². The monoisotopic (exact) mass is 627 g/mol. The Labute approximate surface area is 266 Å². The maximum Gasteiger partial charge on any atom is 0.408 e. The van der Waals surface area contributed by atoms with Gasteiger partial charge in [0.25, 0.3) is 0 Å². The molecule has 2 unspecified atom stereocenters. The number of carbonyl (C=O) groups is 4. The number of para-hydroxylation sites is 1. The summed E-state index contributed by atoms with van der Waals surface area (Å²) in [5, 5.41) is 26.3. The molecule has 0 aromatic heterocycles. The molecule has 0 heterocycles. The molecule has 0 saturated heterocycles. The number of phenolic OH excluding ortho intramolecular Hbond substituents is 2. The molecule has 0 spiro atoms. The molecule has 2 atom stereocenters. The summed E-state index contributed by atoms with van der Waals surface area (Å²) in [5.74, 6) is -1.71. The molecule has 0 aliphatic carbocycles. The van der Waals surface area contributed by atoms with Gasteiger partial charge in [-0.05, 0) is 64.3 Å². The summed E-state index contributed by atoms with van der Waals surface area (Å²) in [7, 11) is 0. The summed E-state index contributed by atoms with van der Waals surface area (Å²) in [5.41, 5.74) is 0.558. The molecule has 0 fully saturated rings. The molecule has 45 heavy (non-hydrogen) atoms. The molecular formula is C34H49N3O8. The number of nitrogens with one attached hydrogen (secondary N) is 2. The van der Waals surface area contributed by atoms with Gasteiger partial charge in [-0.25, -0.2) is 4.79 Å². The van der Waals surface area contributed by atoms with Crippen LogP contribution in [0.5, 0.6) is 11.5 Å². The van der Waals surface area contributed by atoms with Gasteiger partial charge in [-0.3, -0.25) is 14.4 Å². The van der Waals surface area contributed by atoms with Gasteiger partial charge in [0.15, 0.2) is 0 Å². The van der Waals surface area contributed by atoms with Crippen molar-refractivity contribution in [1.82, 2.24) is 15.5 Å². The summed E-state index contributed by atoms with van der Waals surface area (Å²) in [4.78, 5) is 54.7. The van der Waals surface area contributed by atoms with Crippen molar-refractivity contribution in [2.75, 3.05) is 19.7 Å². The van der Waals surface area contributed by atoms with Crippen molar-refractivity contribution in [2.24, 2.45) is 0 Å². The number of benzene rings is 2. The number of esters is 1. The first-order valence-electron chi connectivity index (χ1n) is 15.6. The van der Waals surface area contributed by atoms with Crippen LogP contribution < -0.4 is 10.6 Å². The minimum absolute atomic E-state index is 0.0360. The fourth-order valence-corrected chi connectivity index (χ4v) is 4.76. The highest BCUT2D eigenvalue weighted by molar-refractivity contribution is 5.93. The average molecular weight is 628 g/mol. The standard InChI is InChI=1S/C34H49N3O8/c1-7-9-10-11-21-37(29(26-14-12-13-23(3)30(26)40)31(41)35-20-19-28(39)44-8-2)32(42)27(36-33(43)45-34(4,5)6)22-24-15-17-25(38)18-16-24/h12-18,27,29,38,40H,7-11,19-22H2,1-6H3,(H,35,41)(H,36,43). The fourth-order valence-electron chi connectivity index (χ4n) is 4.76. The Balaban J connectivity index is 2.58. The van der Waals surface area contributed by atoms with Gasteiger partial charge in [0.1, 0.15) is 29.2 Å². The van der Waals surface area contributed by atoms with Gasteiger partial charge in [-0.2, -0.15) is 0 Å². The summed E-state index contributed by atoms with van der Waals surface area (Å²) in [6.07, 6.45) is 2.40. The lowest BCUT2D eigenvalue weighted by Gasteiger charge is -2.35. The van der Waals surface area contributed by atoms with E-state index in [4.69, 9.17) is 9.47 Å². The number of hydrogen-bond donors (Lipinski definition) is 4. The molecule has 248 valence electrons. The highest BCUT2D eigenvalue weighted by Crippen LogP contribution is 2.33. The number of aromatic hydroxyl groups is 2. The maximum absolute atomic E-state index is 14.5. The van der Waals surface area contributed by atoms with Crippen molar-refractivity contribution in [3.8, 4) is 11.5 Å². The summed E-state index contributed by atoms with van der Waals surface area (Å²) >= 11 is 0. The second-order valence-electron chi connectivity index (χ2n) is 11.9. The smallest absolute Gasteiger partial charge is 0.408 e. The zero-order valence-corrected chi connectivity index (χ0v) is 27.4. The Kier molecular flexibility index (Phi) is 14.7. The van der Waals surface area contributed by atoms with Crippen LogP contribution in [0.2, 0.25) is 0 Å². The average Bonchev–Trinajstić information content (AvgIpc) is 2.96. The molecule has 4 N–H and O–H groups in total. The van der Waals surface area contributed by atoms with Gasteiger partial charge in [0.2, 0.25) is 11.8 Å². The number of rotatable bonds is 16. The van der Waals surface area contributed by atoms with Gasteiger partial charge in [0, 0.05) is 25.1 Å². The number of unbranched alkanes of at least 4 members (excludes halogenated alkanes) is 3. The molecule has 2 rings (SSSR count). The van der Waals surface area contributed by atoms with Crippen molar-refractivity contribution in [3.63, 3.8) is 0 Å². The summed E-state index contributed by atoms with van der Waals surface area (Å²) in [6, 6.07) is 8.79. The maximum atomic E-state index is 14.5. The molecule has 11 nitrogen and oxygen atoms in total. The Hall–Kier alpha value is -4.28. The lowest BCUT2D eigenvalue weighted by molar-refractivity contribution is -0.144. The second kappa shape index (κ2) is 17.9. The van der Waals surface area contributed by atoms with E-state index in [2.05, 4.69) is 17.6 Å². The third kappa shape index (κ3) is 12.3. The molecule has 0 saturated carbocycles. The first-order valence-corrected chi connectivity index (χ1v) is 15.6. The van der Waals surface area contributed by atoms with E-state index in [1.165, 1.54) is 17.0 Å². The highest BCUT2D eigenvalue weighted by atomic mass is 16.6. The Morgan fingerprint density at radius 3 is 2.27 bits per heavy atom. The van der Waals surface area contributed by atoms with Gasteiger partial charge < -0.3 is 35.2 Å². The van der Waals surface area contributed by atoms with Crippen LogP contribution in [-0.4, -0.2) is 70.3 Å². The van der Waals surface area contributed by atoms with Crippen molar-refractivity contribution < 1.29 is 38.9 Å². The van der Waals surface area contributed by atoms with E-state index in [-0.39, 0.29) is 49.6 Å². The second-order valence-corrected chi connectivity index (χ2v) is 11.9. The van der Waals surface area contributed by atoms with E-state index in [0.717, 1.165) is 19.3 Å². The van der Waals surface area contributed by atoms with Crippen LogP contribution in [0, 0.1) is 6.92 Å². The van der Waals surface area contributed by atoms with Crippen molar-refractivity contribution in [3.05, 3.63) is 59.2 Å². The molecule has 3 amide bonds. The third-order valence-corrected chi connectivity index (χ3v) is 6.96. The first-order chi connectivity index (χ1) is 21.3. The van der Waals surface area contributed by atoms with Crippen LogP contribution >= 0.6 is 0 Å². The fraction of sp³-hybridized carbons (Fsp3) is 0.529. The van der Waals surface area contributed by atoms with E-state index in [1.54, 1.807) is 65.0 Å². The minimum atomic E-state index is -1.27. The third-order valence-electron chi connectivity index (χ3n) is 6.96. The van der Waals surface area contributed by atoms with E-state index in [0.29, 0.717) is 17.5 Å². The number of alkyl carbamates (subject to hydrolysis) is 1. The molecule has 0 aliphatic rings. The lowest BCUT2D eigenvalue weighted by Crippen LogP contribution is -2.54. The van der Waals surface area contributed by atoms with Gasteiger partial charge in [-0.1, -0.05) is 56.5 Å². The molecule has 11 heteroatoms. The number of ether oxygens (including phenoxy) is 2. The predicted molar refractivity (Wildman–Crippen MR) is 171 cm³/mol. The predicted octanol–water partition coefficient (Wildman–Crippen LogP) is 5.06. The first kappa shape index (κ1) is 36.9.